The highest BCUT2D eigenvalue weighted by molar-refractivity contribution is 5.85. The van der Waals surface area contributed by atoms with Crippen molar-refractivity contribution >= 4 is 18.3 Å². The molecule has 3 N–H and O–H groups in total. The quantitative estimate of drug-likeness (QED) is 0.697. The topological polar surface area (TPSA) is 85.0 Å². The number of likely N-dealkylation sites (N-methyl/N-ethyl adjacent to an activating group) is 1. The van der Waals surface area contributed by atoms with Crippen LogP contribution in [0.25, 0.3) is 0 Å². The zero-order chi connectivity index (χ0) is 20.0. The Morgan fingerprint density at radius 1 is 1.32 bits per heavy atom. The highest BCUT2D eigenvalue weighted by Gasteiger charge is 2.30. The molecule has 2 rings (SSSR count). The molecule has 1 amide bonds. The van der Waals surface area contributed by atoms with Crippen LogP contribution in [-0.2, 0) is 15.7 Å². The second kappa shape index (κ2) is 10.8. The van der Waals surface area contributed by atoms with Gasteiger partial charge in [-0.3, -0.25) is 4.79 Å². The molecule has 2 unspecified atom stereocenters. The number of carbonyl (C=O) groups excluding carboxylic acids is 1. The molecule has 0 aromatic heterocycles. The molecule has 160 valence electrons. The average Bonchev–Trinajstić information content (AvgIpc) is 2.65. The fourth-order valence-electron chi connectivity index (χ4n) is 2.92. The van der Waals surface area contributed by atoms with Crippen molar-refractivity contribution in [3.05, 3.63) is 29.8 Å². The number of nitrogens with two attached hydrogens (primary N) is 1. The number of nitrogens with zero attached hydrogens (tertiary/aromatic N) is 1. The maximum atomic E-state index is 12.5. The van der Waals surface area contributed by atoms with Gasteiger partial charge in [0, 0.05) is 26.8 Å². The summed E-state index contributed by atoms with van der Waals surface area (Å²) >= 11 is 0. The van der Waals surface area contributed by atoms with Crippen molar-refractivity contribution in [2.24, 2.45) is 11.7 Å². The molecule has 0 spiro atoms. The highest BCUT2D eigenvalue weighted by Crippen LogP contribution is 2.30. The van der Waals surface area contributed by atoms with Gasteiger partial charge >= 0.3 is 6.18 Å². The molecule has 10 heteroatoms. The van der Waals surface area contributed by atoms with Crippen molar-refractivity contribution < 1.29 is 32.5 Å². The van der Waals surface area contributed by atoms with Gasteiger partial charge in [-0.1, -0.05) is 0 Å². The molecule has 6 nitrogen and oxygen atoms in total. The summed E-state index contributed by atoms with van der Waals surface area (Å²) in [6.45, 7) is 1.02. The third-order valence-corrected chi connectivity index (χ3v) is 4.54. The number of hydrogen-bond acceptors (Lipinski definition) is 5. The van der Waals surface area contributed by atoms with Crippen LogP contribution >= 0.6 is 12.4 Å². The van der Waals surface area contributed by atoms with Crippen molar-refractivity contribution in [3.8, 4) is 5.75 Å². The van der Waals surface area contributed by atoms with E-state index in [1.54, 1.807) is 7.05 Å². The number of aliphatic hydroxyl groups is 1. The van der Waals surface area contributed by atoms with Crippen LogP contribution < -0.4 is 10.5 Å². The van der Waals surface area contributed by atoms with Crippen LogP contribution in [-0.4, -0.2) is 61.5 Å². The number of halogens is 4. The second-order valence-corrected chi connectivity index (χ2v) is 6.68. The van der Waals surface area contributed by atoms with E-state index in [1.807, 2.05) is 0 Å². The summed E-state index contributed by atoms with van der Waals surface area (Å²) in [5.74, 6) is -0.0142. The highest BCUT2D eigenvalue weighted by atomic mass is 35.5. The van der Waals surface area contributed by atoms with Gasteiger partial charge in [-0.2, -0.15) is 13.2 Å². The van der Waals surface area contributed by atoms with Gasteiger partial charge in [0.2, 0.25) is 5.91 Å². The van der Waals surface area contributed by atoms with Gasteiger partial charge < -0.3 is 25.2 Å². The molecule has 0 saturated carbocycles. The zero-order valence-electron chi connectivity index (χ0n) is 15.5. The summed E-state index contributed by atoms with van der Waals surface area (Å²) in [7, 11) is 1.54. The van der Waals surface area contributed by atoms with Crippen LogP contribution in [0.4, 0.5) is 13.2 Å². The first-order chi connectivity index (χ1) is 12.7. The Balaban J connectivity index is 0.00000392. The van der Waals surface area contributed by atoms with E-state index in [0.29, 0.717) is 13.2 Å². The van der Waals surface area contributed by atoms with Crippen molar-refractivity contribution in [2.75, 3.05) is 33.4 Å². The number of carbonyl (C=O) groups is 1. The van der Waals surface area contributed by atoms with Gasteiger partial charge in [0.15, 0.2) is 0 Å². The van der Waals surface area contributed by atoms with Crippen LogP contribution in [0.5, 0.6) is 5.75 Å². The van der Waals surface area contributed by atoms with Crippen molar-refractivity contribution in [1.29, 1.82) is 0 Å². The molecule has 1 aromatic rings. The van der Waals surface area contributed by atoms with Crippen LogP contribution in [0, 0.1) is 5.92 Å². The Kier molecular flexibility index (Phi) is 9.49. The second-order valence-electron chi connectivity index (χ2n) is 6.68. The van der Waals surface area contributed by atoms with Crippen molar-refractivity contribution in [3.63, 3.8) is 0 Å². The summed E-state index contributed by atoms with van der Waals surface area (Å²) in [6, 6.07) is 3.54. The van der Waals surface area contributed by atoms with E-state index in [1.165, 1.54) is 17.0 Å². The van der Waals surface area contributed by atoms with E-state index in [-0.39, 0.29) is 43.1 Å². The molecular weight excluding hydrogens is 401 g/mol. The fourth-order valence-corrected chi connectivity index (χ4v) is 2.92. The number of rotatable bonds is 7. The lowest BCUT2D eigenvalue weighted by atomic mass is 9.91. The van der Waals surface area contributed by atoms with Crippen LogP contribution in [0.15, 0.2) is 24.3 Å². The number of hydrogen-bond donors (Lipinski definition) is 2. The third kappa shape index (κ3) is 7.12. The molecule has 2 atom stereocenters. The number of alkyl halides is 3. The van der Waals surface area contributed by atoms with Crippen LogP contribution in [0.1, 0.15) is 18.4 Å². The van der Waals surface area contributed by atoms with E-state index in [9.17, 15) is 23.1 Å². The zero-order valence-corrected chi connectivity index (χ0v) is 16.3. The third-order valence-electron chi connectivity index (χ3n) is 4.54. The molecule has 1 aromatic carbocycles. The predicted molar refractivity (Wildman–Crippen MR) is 99.3 cm³/mol. The lowest BCUT2D eigenvalue weighted by molar-refractivity contribution is -0.137. The van der Waals surface area contributed by atoms with E-state index < -0.39 is 23.9 Å². The summed E-state index contributed by atoms with van der Waals surface area (Å²) in [5.41, 5.74) is 5.26. The fraction of sp³-hybridized carbons (Fsp3) is 0.611. The average molecular weight is 427 g/mol. The minimum absolute atomic E-state index is 0. The summed E-state index contributed by atoms with van der Waals surface area (Å²) in [5, 5.41) is 10.0. The lowest BCUT2D eigenvalue weighted by Crippen LogP contribution is -2.49. The molecule has 0 bridgehead atoms. The van der Waals surface area contributed by atoms with E-state index in [4.69, 9.17) is 15.2 Å². The summed E-state index contributed by atoms with van der Waals surface area (Å²) in [4.78, 5) is 13.7. The molecule has 1 heterocycles. The Labute approximate surface area is 168 Å². The maximum Gasteiger partial charge on any atom is 0.416 e. The molecular formula is C18H26ClF3N2O4. The molecule has 1 fully saturated rings. The van der Waals surface area contributed by atoms with Gasteiger partial charge in [-0.25, -0.2) is 0 Å². The predicted octanol–water partition coefficient (Wildman–Crippen LogP) is 2.08. The first-order valence-electron chi connectivity index (χ1n) is 8.75. The monoisotopic (exact) mass is 426 g/mol. The summed E-state index contributed by atoms with van der Waals surface area (Å²) < 4.78 is 48.1. The van der Waals surface area contributed by atoms with Gasteiger partial charge in [0.1, 0.15) is 18.5 Å². The number of benzene rings is 1. The van der Waals surface area contributed by atoms with Crippen LogP contribution in [0.2, 0.25) is 0 Å². The Morgan fingerprint density at radius 2 is 1.89 bits per heavy atom. The first-order valence-corrected chi connectivity index (χ1v) is 8.75. The molecule has 28 heavy (non-hydrogen) atoms. The largest absolute Gasteiger partial charge is 0.491 e. The number of amides is 1. The lowest BCUT2D eigenvalue weighted by Gasteiger charge is -2.30. The number of ether oxygens (including phenoxy) is 2. The minimum Gasteiger partial charge on any atom is -0.491 e. The normalized spacial score (nSPS) is 17.4. The van der Waals surface area contributed by atoms with Gasteiger partial charge in [-0.15, -0.1) is 12.4 Å². The maximum absolute atomic E-state index is 12.5. The summed E-state index contributed by atoms with van der Waals surface area (Å²) in [6.07, 6.45) is -3.96. The standard InChI is InChI=1S/C18H25F3N2O4.ClH/c1-23(17(25)16(22)12-6-8-26-9-7-12)10-14(24)11-27-15-4-2-13(3-5-15)18(19,20)21;/h2-5,12,14,16,24H,6-11,22H2,1H3;1H. The Morgan fingerprint density at radius 3 is 2.43 bits per heavy atom. The molecule has 1 saturated heterocycles. The molecule has 1 aliphatic heterocycles. The van der Waals surface area contributed by atoms with E-state index >= 15 is 0 Å². The van der Waals surface area contributed by atoms with Gasteiger partial charge in [0.25, 0.3) is 0 Å². The SMILES string of the molecule is CN(CC(O)COc1ccc(C(F)(F)F)cc1)C(=O)C(N)C1CCOCC1.Cl. The Hall–Kier alpha value is -1.55. The smallest absolute Gasteiger partial charge is 0.416 e. The van der Waals surface area contributed by atoms with Gasteiger partial charge in [0.05, 0.1) is 11.6 Å². The van der Waals surface area contributed by atoms with E-state index in [2.05, 4.69) is 0 Å². The van der Waals surface area contributed by atoms with Gasteiger partial charge in [-0.05, 0) is 43.0 Å². The van der Waals surface area contributed by atoms with E-state index in [0.717, 1.165) is 25.0 Å². The van der Waals surface area contributed by atoms with Crippen LogP contribution in [0.3, 0.4) is 0 Å². The Bertz CT molecular complexity index is 610. The molecule has 0 aliphatic carbocycles. The molecule has 0 radical (unpaired) electrons. The minimum atomic E-state index is -4.41. The van der Waals surface area contributed by atoms with Crippen molar-refractivity contribution in [1.82, 2.24) is 4.90 Å². The number of aliphatic hydroxyl groups excluding tert-OH is 1. The van der Waals surface area contributed by atoms with Crippen molar-refractivity contribution in [2.45, 2.75) is 31.2 Å². The molecule has 1 aliphatic rings. The first kappa shape index (κ1) is 24.5.